The number of urea groups is 1. The van der Waals surface area contributed by atoms with Gasteiger partial charge in [-0.1, -0.05) is 0 Å². The summed E-state index contributed by atoms with van der Waals surface area (Å²) in [6, 6.07) is 3.21. The van der Waals surface area contributed by atoms with Crippen molar-refractivity contribution >= 4 is 17.6 Å². The van der Waals surface area contributed by atoms with E-state index in [9.17, 15) is 18.4 Å². The predicted molar refractivity (Wildman–Crippen MR) is 73.9 cm³/mol. The van der Waals surface area contributed by atoms with Crippen molar-refractivity contribution in [3.63, 3.8) is 0 Å². The molecule has 0 unspecified atom stereocenters. The molecule has 21 heavy (non-hydrogen) atoms. The lowest BCUT2D eigenvalue weighted by molar-refractivity contribution is -0.116. The molecule has 0 radical (unpaired) electrons. The van der Waals surface area contributed by atoms with E-state index in [-0.39, 0.29) is 36.8 Å². The topological polar surface area (TPSA) is 61.4 Å². The van der Waals surface area contributed by atoms with Crippen molar-refractivity contribution in [3.8, 4) is 0 Å². The van der Waals surface area contributed by atoms with Crippen LogP contribution in [0.3, 0.4) is 0 Å². The van der Waals surface area contributed by atoms with Crippen molar-refractivity contribution in [2.45, 2.75) is 25.8 Å². The molecule has 0 aliphatic heterocycles. The summed E-state index contributed by atoms with van der Waals surface area (Å²) in [7, 11) is 0. The molecule has 1 aliphatic rings. The van der Waals surface area contributed by atoms with Crippen LogP contribution in [0.15, 0.2) is 18.2 Å². The number of nitrogens with one attached hydrogen (secondary N) is 2. The number of carbonyl (C=O) groups excluding carboxylic acids is 2. The maximum Gasteiger partial charge on any atom is 0.315 e. The molecule has 5 nitrogen and oxygen atoms in total. The van der Waals surface area contributed by atoms with Crippen LogP contribution in [0, 0.1) is 11.6 Å². The van der Waals surface area contributed by atoms with Gasteiger partial charge in [0.05, 0.1) is 0 Å². The average Bonchev–Trinajstić information content (AvgIpc) is 3.21. The molecule has 3 amide bonds. The van der Waals surface area contributed by atoms with Gasteiger partial charge in [0.15, 0.2) is 11.6 Å². The molecular formula is C14H17F2N3O2. The Kier molecular flexibility index (Phi) is 4.72. The molecule has 2 rings (SSSR count). The van der Waals surface area contributed by atoms with Crippen LogP contribution >= 0.6 is 0 Å². The molecule has 7 heteroatoms. The number of carbonyl (C=O) groups is 2. The Morgan fingerprint density at radius 2 is 2.00 bits per heavy atom. The van der Waals surface area contributed by atoms with Gasteiger partial charge in [0, 0.05) is 37.8 Å². The molecule has 0 heterocycles. The number of nitrogens with zero attached hydrogens (tertiary/aromatic N) is 1. The first-order valence-electron chi connectivity index (χ1n) is 6.75. The maximum absolute atomic E-state index is 13.2. The third-order valence-electron chi connectivity index (χ3n) is 3.13. The first-order chi connectivity index (χ1) is 9.97. The summed E-state index contributed by atoms with van der Waals surface area (Å²) < 4.78 is 26.1. The molecule has 1 fully saturated rings. The Balaban J connectivity index is 1.90. The molecular weight excluding hydrogens is 280 g/mol. The number of hydrogen-bond acceptors (Lipinski definition) is 2. The quantitative estimate of drug-likeness (QED) is 0.870. The Hall–Kier alpha value is -2.18. The third kappa shape index (κ3) is 4.40. The normalized spacial score (nSPS) is 13.7. The van der Waals surface area contributed by atoms with Gasteiger partial charge in [-0.2, -0.15) is 0 Å². The van der Waals surface area contributed by atoms with Gasteiger partial charge in [-0.3, -0.25) is 4.79 Å². The second-order valence-corrected chi connectivity index (χ2v) is 4.94. The van der Waals surface area contributed by atoms with Gasteiger partial charge >= 0.3 is 6.03 Å². The Bertz CT molecular complexity index is 547. The molecule has 0 bridgehead atoms. The number of halogens is 2. The van der Waals surface area contributed by atoms with Crippen molar-refractivity contribution in [3.05, 3.63) is 29.8 Å². The van der Waals surface area contributed by atoms with E-state index in [1.54, 1.807) is 0 Å². The monoisotopic (exact) mass is 297 g/mol. The lowest BCUT2D eigenvalue weighted by Crippen LogP contribution is -2.42. The van der Waals surface area contributed by atoms with Gasteiger partial charge in [0.2, 0.25) is 5.91 Å². The van der Waals surface area contributed by atoms with E-state index in [1.807, 2.05) is 0 Å². The van der Waals surface area contributed by atoms with Crippen LogP contribution in [0.25, 0.3) is 0 Å². The molecule has 0 saturated heterocycles. The minimum absolute atomic E-state index is 0.179. The molecule has 1 saturated carbocycles. The van der Waals surface area contributed by atoms with Crippen molar-refractivity contribution < 1.29 is 18.4 Å². The maximum atomic E-state index is 13.2. The average molecular weight is 297 g/mol. The fourth-order valence-corrected chi connectivity index (χ4v) is 1.87. The van der Waals surface area contributed by atoms with E-state index >= 15 is 0 Å². The van der Waals surface area contributed by atoms with Gasteiger partial charge in [0.1, 0.15) is 0 Å². The fourth-order valence-electron chi connectivity index (χ4n) is 1.87. The Labute approximate surface area is 121 Å². The van der Waals surface area contributed by atoms with Crippen LogP contribution in [0.1, 0.15) is 19.8 Å². The summed E-state index contributed by atoms with van der Waals surface area (Å²) in [4.78, 5) is 24.3. The van der Waals surface area contributed by atoms with E-state index in [0.717, 1.165) is 25.0 Å². The zero-order valence-corrected chi connectivity index (χ0v) is 11.7. The van der Waals surface area contributed by atoms with Crippen LogP contribution in [0.5, 0.6) is 0 Å². The first kappa shape index (κ1) is 15.2. The van der Waals surface area contributed by atoms with Crippen molar-refractivity contribution in [2.24, 2.45) is 0 Å². The second kappa shape index (κ2) is 6.51. The van der Waals surface area contributed by atoms with E-state index in [0.29, 0.717) is 0 Å². The summed E-state index contributed by atoms with van der Waals surface area (Å²) in [5, 5.41) is 5.37. The van der Waals surface area contributed by atoms with Crippen molar-refractivity contribution in [1.29, 1.82) is 0 Å². The summed E-state index contributed by atoms with van der Waals surface area (Å²) in [5.74, 6) is -2.30. The van der Waals surface area contributed by atoms with Gasteiger partial charge < -0.3 is 15.5 Å². The van der Waals surface area contributed by atoms with E-state index in [4.69, 9.17) is 0 Å². The van der Waals surface area contributed by atoms with Crippen LogP contribution in [-0.4, -0.2) is 31.1 Å². The lowest BCUT2D eigenvalue weighted by atomic mass is 10.2. The Morgan fingerprint density at radius 1 is 1.29 bits per heavy atom. The lowest BCUT2D eigenvalue weighted by Gasteiger charge is -2.21. The number of anilines is 1. The second-order valence-electron chi connectivity index (χ2n) is 4.94. The zero-order chi connectivity index (χ0) is 15.4. The molecule has 0 aromatic heterocycles. The fraction of sp³-hybridized carbons (Fsp3) is 0.429. The Morgan fingerprint density at radius 3 is 2.57 bits per heavy atom. The van der Waals surface area contributed by atoms with Gasteiger partial charge in [-0.25, -0.2) is 13.6 Å². The van der Waals surface area contributed by atoms with E-state index in [2.05, 4.69) is 10.6 Å². The first-order valence-corrected chi connectivity index (χ1v) is 6.75. The van der Waals surface area contributed by atoms with Crippen LogP contribution in [0.4, 0.5) is 19.3 Å². The highest BCUT2D eigenvalue weighted by Gasteiger charge is 2.23. The van der Waals surface area contributed by atoms with Crippen molar-refractivity contribution in [1.82, 2.24) is 10.6 Å². The number of hydrogen-bond donors (Lipinski definition) is 2. The molecule has 114 valence electrons. The SMILES string of the molecule is CC(=O)N(CCNC(=O)NC1CC1)c1ccc(F)c(F)c1. The predicted octanol–water partition coefficient (Wildman–Crippen LogP) is 1.78. The van der Waals surface area contributed by atoms with Gasteiger partial charge in [0.25, 0.3) is 0 Å². The van der Waals surface area contributed by atoms with E-state index < -0.39 is 11.6 Å². The minimum atomic E-state index is -1.02. The molecule has 0 spiro atoms. The third-order valence-corrected chi connectivity index (χ3v) is 3.13. The largest absolute Gasteiger partial charge is 0.336 e. The molecule has 1 aliphatic carbocycles. The van der Waals surface area contributed by atoms with Crippen molar-refractivity contribution in [2.75, 3.05) is 18.0 Å². The summed E-state index contributed by atoms with van der Waals surface area (Å²) in [6.45, 7) is 1.72. The molecule has 2 N–H and O–H groups in total. The number of amides is 3. The summed E-state index contributed by atoms with van der Waals surface area (Å²) >= 11 is 0. The minimum Gasteiger partial charge on any atom is -0.336 e. The smallest absolute Gasteiger partial charge is 0.315 e. The number of rotatable bonds is 5. The molecule has 1 aromatic rings. The van der Waals surface area contributed by atoms with Crippen LogP contribution in [-0.2, 0) is 4.79 Å². The molecule has 0 atom stereocenters. The van der Waals surface area contributed by atoms with E-state index in [1.165, 1.54) is 17.9 Å². The highest BCUT2D eigenvalue weighted by Crippen LogP contribution is 2.19. The summed E-state index contributed by atoms with van der Waals surface area (Å²) in [5.41, 5.74) is 0.255. The van der Waals surface area contributed by atoms with Crippen LogP contribution < -0.4 is 15.5 Å². The summed E-state index contributed by atoms with van der Waals surface area (Å²) in [6.07, 6.45) is 1.98. The highest BCUT2D eigenvalue weighted by molar-refractivity contribution is 5.91. The zero-order valence-electron chi connectivity index (χ0n) is 11.7. The van der Waals surface area contributed by atoms with Gasteiger partial charge in [-0.05, 0) is 25.0 Å². The number of benzene rings is 1. The standard InChI is InChI=1S/C14H17F2N3O2/c1-9(20)19(11-4-5-12(15)13(16)8-11)7-6-17-14(21)18-10-2-3-10/h4-5,8,10H,2-3,6-7H2,1H3,(H2,17,18,21). The molecule has 1 aromatic carbocycles. The highest BCUT2D eigenvalue weighted by atomic mass is 19.2. The van der Waals surface area contributed by atoms with Gasteiger partial charge in [-0.15, -0.1) is 0 Å². The van der Waals surface area contributed by atoms with Crippen LogP contribution in [0.2, 0.25) is 0 Å².